The Morgan fingerprint density at radius 2 is 2.00 bits per heavy atom. The van der Waals surface area contributed by atoms with Crippen LogP contribution in [0.5, 0.6) is 11.5 Å². The van der Waals surface area contributed by atoms with Gasteiger partial charge in [0.05, 0.1) is 7.11 Å². The fourth-order valence-electron chi connectivity index (χ4n) is 2.47. The van der Waals surface area contributed by atoms with Crippen LogP contribution in [0.3, 0.4) is 0 Å². The Bertz CT molecular complexity index is 918. The molecule has 0 bridgehead atoms. The molecular weight excluding hydrogens is 354 g/mol. The van der Waals surface area contributed by atoms with Crippen molar-refractivity contribution in [1.29, 1.82) is 5.26 Å². The highest BCUT2D eigenvalue weighted by molar-refractivity contribution is 6.10. The van der Waals surface area contributed by atoms with Gasteiger partial charge in [0.25, 0.3) is 5.91 Å². The second kappa shape index (κ2) is 8.81. The number of nitrogens with one attached hydrogen (secondary N) is 1. The summed E-state index contributed by atoms with van der Waals surface area (Å²) in [6.45, 7) is 0.671. The van der Waals surface area contributed by atoms with Gasteiger partial charge < -0.3 is 14.8 Å². The number of nitrogens with zero attached hydrogens (tertiary/aromatic N) is 1. The molecule has 2 aromatic rings. The SMILES string of the molecule is COc1cccc(/C=C(\C#N)C(=O)Nc2ccc(C)cc2C)c1OC(F)F. The molecule has 0 fully saturated rings. The van der Waals surface area contributed by atoms with Crippen LogP contribution in [0.4, 0.5) is 14.5 Å². The summed E-state index contributed by atoms with van der Waals surface area (Å²) >= 11 is 0. The summed E-state index contributed by atoms with van der Waals surface area (Å²) < 4.78 is 34.9. The summed E-state index contributed by atoms with van der Waals surface area (Å²) in [5, 5.41) is 12.0. The highest BCUT2D eigenvalue weighted by atomic mass is 19.3. The molecule has 0 aliphatic rings. The minimum atomic E-state index is -3.08. The summed E-state index contributed by atoms with van der Waals surface area (Å²) in [7, 11) is 1.30. The van der Waals surface area contributed by atoms with Crippen molar-refractivity contribution < 1.29 is 23.0 Å². The van der Waals surface area contributed by atoms with Crippen LogP contribution in [0, 0.1) is 25.2 Å². The number of aryl methyl sites for hydroxylation is 2. The molecule has 7 heteroatoms. The van der Waals surface area contributed by atoms with Crippen LogP contribution < -0.4 is 14.8 Å². The van der Waals surface area contributed by atoms with Crippen molar-refractivity contribution in [2.45, 2.75) is 20.5 Å². The number of methoxy groups -OCH3 is 1. The van der Waals surface area contributed by atoms with Crippen molar-refractivity contribution in [3.63, 3.8) is 0 Å². The van der Waals surface area contributed by atoms with Crippen LogP contribution in [0.1, 0.15) is 16.7 Å². The van der Waals surface area contributed by atoms with Crippen LogP contribution in [0.15, 0.2) is 42.0 Å². The van der Waals surface area contributed by atoms with Gasteiger partial charge in [0.15, 0.2) is 11.5 Å². The minimum absolute atomic E-state index is 0.0659. The highest BCUT2D eigenvalue weighted by Crippen LogP contribution is 2.34. The number of carbonyl (C=O) groups is 1. The van der Waals surface area contributed by atoms with Gasteiger partial charge in [-0.1, -0.05) is 29.8 Å². The van der Waals surface area contributed by atoms with E-state index < -0.39 is 12.5 Å². The number of para-hydroxylation sites is 1. The van der Waals surface area contributed by atoms with Crippen LogP contribution in [0.25, 0.3) is 6.08 Å². The molecule has 0 unspecified atom stereocenters. The number of anilines is 1. The maximum atomic E-state index is 12.7. The molecule has 2 aromatic carbocycles. The Balaban J connectivity index is 2.38. The molecule has 0 aliphatic carbocycles. The van der Waals surface area contributed by atoms with E-state index in [1.807, 2.05) is 26.0 Å². The van der Waals surface area contributed by atoms with E-state index in [1.54, 1.807) is 18.2 Å². The standard InChI is InChI=1S/C20H18F2N2O3/c1-12-7-8-16(13(2)9-12)24-19(25)15(11-23)10-14-5-4-6-17(26-3)18(14)27-20(21)22/h4-10,20H,1-3H3,(H,24,25)/b15-10+. The third kappa shape index (κ3) is 5.05. The molecule has 1 amide bonds. The number of benzene rings is 2. The molecule has 0 radical (unpaired) electrons. The number of hydrogen-bond acceptors (Lipinski definition) is 4. The van der Waals surface area contributed by atoms with E-state index in [9.17, 15) is 18.8 Å². The molecule has 0 atom stereocenters. The summed E-state index contributed by atoms with van der Waals surface area (Å²) in [5.41, 5.74) is 2.29. The van der Waals surface area contributed by atoms with Gasteiger partial charge in [0.1, 0.15) is 11.6 Å². The van der Waals surface area contributed by atoms with Gasteiger partial charge in [-0.2, -0.15) is 14.0 Å². The lowest BCUT2D eigenvalue weighted by Crippen LogP contribution is -2.14. The van der Waals surface area contributed by atoms with E-state index >= 15 is 0 Å². The zero-order chi connectivity index (χ0) is 20.0. The van der Waals surface area contributed by atoms with Crippen LogP contribution in [0.2, 0.25) is 0 Å². The minimum Gasteiger partial charge on any atom is -0.493 e. The van der Waals surface area contributed by atoms with Gasteiger partial charge >= 0.3 is 6.61 Å². The first-order valence-electron chi connectivity index (χ1n) is 7.98. The first kappa shape index (κ1) is 19.9. The number of ether oxygens (including phenoxy) is 2. The third-order valence-electron chi connectivity index (χ3n) is 3.73. The zero-order valence-corrected chi connectivity index (χ0v) is 15.0. The van der Waals surface area contributed by atoms with E-state index in [0.29, 0.717) is 5.69 Å². The largest absolute Gasteiger partial charge is 0.493 e. The molecule has 2 rings (SSSR count). The average molecular weight is 372 g/mol. The second-order valence-corrected chi connectivity index (χ2v) is 5.70. The Morgan fingerprint density at radius 3 is 2.59 bits per heavy atom. The predicted octanol–water partition coefficient (Wildman–Crippen LogP) is 4.46. The van der Waals surface area contributed by atoms with Crippen LogP contribution in [-0.2, 0) is 4.79 Å². The Hall–Kier alpha value is -3.40. The average Bonchev–Trinajstić information content (AvgIpc) is 2.62. The van der Waals surface area contributed by atoms with Crippen molar-refractivity contribution in [2.24, 2.45) is 0 Å². The molecular formula is C20H18F2N2O3. The van der Waals surface area contributed by atoms with Crippen molar-refractivity contribution in [3.8, 4) is 17.6 Å². The van der Waals surface area contributed by atoms with E-state index in [2.05, 4.69) is 10.1 Å². The van der Waals surface area contributed by atoms with Gasteiger partial charge in [-0.3, -0.25) is 4.79 Å². The normalized spacial score (nSPS) is 11.1. The van der Waals surface area contributed by atoms with Gasteiger partial charge in [0, 0.05) is 11.3 Å². The van der Waals surface area contributed by atoms with E-state index in [0.717, 1.165) is 11.1 Å². The summed E-state index contributed by atoms with van der Waals surface area (Å²) in [6.07, 6.45) is 1.18. The van der Waals surface area contributed by atoms with Gasteiger partial charge in [-0.15, -0.1) is 0 Å². The lowest BCUT2D eigenvalue weighted by Gasteiger charge is -2.13. The van der Waals surface area contributed by atoms with E-state index in [1.165, 1.54) is 25.3 Å². The molecule has 140 valence electrons. The van der Waals surface area contributed by atoms with Crippen molar-refractivity contribution in [1.82, 2.24) is 0 Å². The van der Waals surface area contributed by atoms with Crippen molar-refractivity contribution in [3.05, 3.63) is 58.7 Å². The molecule has 1 N–H and O–H groups in total. The molecule has 0 heterocycles. The monoisotopic (exact) mass is 372 g/mol. The highest BCUT2D eigenvalue weighted by Gasteiger charge is 2.17. The summed E-state index contributed by atoms with van der Waals surface area (Å²) in [5.74, 6) is -0.839. The fourth-order valence-corrected chi connectivity index (χ4v) is 2.47. The maximum absolute atomic E-state index is 12.7. The Kier molecular flexibility index (Phi) is 6.50. The van der Waals surface area contributed by atoms with Crippen LogP contribution >= 0.6 is 0 Å². The first-order chi connectivity index (χ1) is 12.8. The molecule has 0 aliphatic heterocycles. The smallest absolute Gasteiger partial charge is 0.387 e. The van der Waals surface area contributed by atoms with Crippen LogP contribution in [-0.4, -0.2) is 19.6 Å². The fraction of sp³-hybridized carbons (Fsp3) is 0.200. The summed E-state index contributed by atoms with van der Waals surface area (Å²) in [6, 6.07) is 11.7. The quantitative estimate of drug-likeness (QED) is 0.600. The van der Waals surface area contributed by atoms with E-state index in [4.69, 9.17) is 4.74 Å². The van der Waals surface area contributed by atoms with Crippen molar-refractivity contribution in [2.75, 3.05) is 12.4 Å². The number of carbonyl (C=O) groups excluding carboxylic acids is 1. The summed E-state index contributed by atoms with van der Waals surface area (Å²) in [4.78, 5) is 12.5. The second-order valence-electron chi connectivity index (χ2n) is 5.70. The lowest BCUT2D eigenvalue weighted by molar-refractivity contribution is -0.112. The lowest BCUT2D eigenvalue weighted by atomic mass is 10.1. The Morgan fingerprint density at radius 1 is 1.26 bits per heavy atom. The molecule has 27 heavy (non-hydrogen) atoms. The molecule has 0 aromatic heterocycles. The molecule has 5 nitrogen and oxygen atoms in total. The van der Waals surface area contributed by atoms with Crippen molar-refractivity contribution >= 4 is 17.7 Å². The maximum Gasteiger partial charge on any atom is 0.387 e. The molecule has 0 spiro atoms. The van der Waals surface area contributed by atoms with Gasteiger partial charge in [-0.05, 0) is 37.6 Å². The zero-order valence-electron chi connectivity index (χ0n) is 15.0. The molecule has 0 saturated heterocycles. The number of rotatable bonds is 6. The first-order valence-corrected chi connectivity index (χ1v) is 7.98. The third-order valence-corrected chi connectivity index (χ3v) is 3.73. The topological polar surface area (TPSA) is 71.3 Å². The number of amides is 1. The number of halogens is 2. The van der Waals surface area contributed by atoms with E-state index in [-0.39, 0.29) is 22.6 Å². The van der Waals surface area contributed by atoms with Gasteiger partial charge in [-0.25, -0.2) is 0 Å². The van der Waals surface area contributed by atoms with Gasteiger partial charge in [0.2, 0.25) is 0 Å². The number of hydrogen-bond donors (Lipinski definition) is 1. The number of nitriles is 1. The Labute approximate surface area is 155 Å². The number of alkyl halides is 2. The predicted molar refractivity (Wildman–Crippen MR) is 97.8 cm³/mol. The molecule has 0 saturated carbocycles.